The predicted octanol–water partition coefficient (Wildman–Crippen LogP) is 4.71. The number of halogens is 2. The van der Waals surface area contributed by atoms with E-state index in [9.17, 15) is 5.11 Å². The van der Waals surface area contributed by atoms with Gasteiger partial charge in [0.25, 0.3) is 0 Å². The maximum absolute atomic E-state index is 12.0. The highest BCUT2D eigenvalue weighted by Gasteiger charge is 2.10. The van der Waals surface area contributed by atoms with Crippen molar-refractivity contribution in [3.8, 4) is 0 Å². The summed E-state index contributed by atoms with van der Waals surface area (Å²) >= 11 is 11.6. The molecule has 87 valence electrons. The first-order valence-corrected chi connectivity index (χ1v) is 6.06. The van der Waals surface area contributed by atoms with Gasteiger partial charge in [0.05, 0.1) is 0 Å². The van der Waals surface area contributed by atoms with Gasteiger partial charge in [-0.15, -0.1) is 0 Å². The van der Waals surface area contributed by atoms with E-state index in [1.807, 2.05) is 12.1 Å². The Morgan fingerprint density at radius 1 is 0.824 bits per heavy atom. The molecule has 17 heavy (non-hydrogen) atoms. The van der Waals surface area contributed by atoms with Crippen molar-refractivity contribution in [3.63, 3.8) is 0 Å². The lowest BCUT2D eigenvalue weighted by Crippen LogP contribution is -1.99. The summed E-state index contributed by atoms with van der Waals surface area (Å²) in [6.45, 7) is 0. The summed E-state index contributed by atoms with van der Waals surface area (Å²) in [4.78, 5) is 0. The van der Waals surface area contributed by atoms with Crippen molar-refractivity contribution >= 4 is 23.2 Å². The Bertz CT molecular complexity index is 477. The molecular formula is C14H11Cl2O. The molecule has 0 aliphatic heterocycles. The summed E-state index contributed by atoms with van der Waals surface area (Å²) in [6.07, 6.45) is -0.313. The minimum Gasteiger partial charge on any atom is -0.228 e. The zero-order valence-electron chi connectivity index (χ0n) is 9.07. The fourth-order valence-electron chi connectivity index (χ4n) is 1.63. The zero-order chi connectivity index (χ0) is 12.3. The van der Waals surface area contributed by atoms with E-state index in [0.717, 1.165) is 11.1 Å². The number of hydrogen-bond donors (Lipinski definition) is 0. The van der Waals surface area contributed by atoms with Gasteiger partial charge >= 0.3 is 0 Å². The Morgan fingerprint density at radius 3 is 1.82 bits per heavy atom. The molecule has 0 saturated carbocycles. The zero-order valence-corrected chi connectivity index (χ0v) is 10.6. The molecule has 0 N–H and O–H groups in total. The van der Waals surface area contributed by atoms with Crippen LogP contribution in [0.2, 0.25) is 10.0 Å². The third kappa shape index (κ3) is 3.47. The third-order valence-electron chi connectivity index (χ3n) is 2.58. The lowest BCUT2D eigenvalue weighted by Gasteiger charge is -2.09. The van der Waals surface area contributed by atoms with Crippen LogP contribution in [-0.4, -0.2) is 0 Å². The molecule has 0 aliphatic carbocycles. The molecule has 2 rings (SSSR count). The molecule has 0 spiro atoms. The molecule has 0 heterocycles. The van der Waals surface area contributed by atoms with Crippen LogP contribution in [0.15, 0.2) is 48.5 Å². The Kier molecular flexibility index (Phi) is 4.06. The first kappa shape index (κ1) is 12.4. The Labute approximate surface area is 111 Å². The van der Waals surface area contributed by atoms with Gasteiger partial charge in [-0.2, -0.15) is 0 Å². The number of rotatable bonds is 3. The molecule has 1 radical (unpaired) electrons. The van der Waals surface area contributed by atoms with Gasteiger partial charge in [-0.3, -0.25) is 0 Å². The smallest absolute Gasteiger partial charge is 0.122 e. The molecule has 1 nitrogen and oxygen atoms in total. The first-order valence-electron chi connectivity index (χ1n) is 5.31. The number of hydrogen-bond acceptors (Lipinski definition) is 0. The molecular weight excluding hydrogens is 255 g/mol. The average molecular weight is 266 g/mol. The second-order valence-electron chi connectivity index (χ2n) is 3.87. The van der Waals surface area contributed by atoms with Gasteiger partial charge in [-0.05, 0) is 35.4 Å². The van der Waals surface area contributed by atoms with Gasteiger partial charge in [0.2, 0.25) is 0 Å². The van der Waals surface area contributed by atoms with Crippen LogP contribution in [-0.2, 0) is 11.5 Å². The van der Waals surface area contributed by atoms with Gasteiger partial charge < -0.3 is 0 Å². The van der Waals surface area contributed by atoms with Crippen molar-refractivity contribution < 1.29 is 5.11 Å². The van der Waals surface area contributed by atoms with Crippen molar-refractivity contribution in [2.75, 3.05) is 0 Å². The van der Waals surface area contributed by atoms with E-state index in [2.05, 4.69) is 0 Å². The standard InChI is InChI=1S/C14H11Cl2O/c15-12-5-1-10(2-6-12)9-14(17)11-3-7-13(16)8-4-11/h1-8,14H,9H2. The highest BCUT2D eigenvalue weighted by Crippen LogP contribution is 2.21. The van der Waals surface area contributed by atoms with Crippen molar-refractivity contribution in [2.45, 2.75) is 12.5 Å². The summed E-state index contributed by atoms with van der Waals surface area (Å²) in [7, 11) is 0. The van der Waals surface area contributed by atoms with Crippen LogP contribution >= 0.6 is 23.2 Å². The molecule has 1 unspecified atom stereocenters. The molecule has 2 aromatic carbocycles. The third-order valence-corrected chi connectivity index (χ3v) is 3.08. The highest BCUT2D eigenvalue weighted by atomic mass is 35.5. The molecule has 2 aromatic rings. The van der Waals surface area contributed by atoms with Gasteiger partial charge in [0.15, 0.2) is 0 Å². The van der Waals surface area contributed by atoms with Crippen LogP contribution in [0.5, 0.6) is 0 Å². The fraction of sp³-hybridized carbons (Fsp3) is 0.143. The summed E-state index contributed by atoms with van der Waals surface area (Å²) in [6, 6.07) is 14.4. The maximum Gasteiger partial charge on any atom is 0.122 e. The average Bonchev–Trinajstić information content (AvgIpc) is 2.33. The molecule has 0 fully saturated rings. The minimum absolute atomic E-state index is 0.457. The van der Waals surface area contributed by atoms with Crippen LogP contribution in [0.4, 0.5) is 0 Å². The topological polar surface area (TPSA) is 19.9 Å². The van der Waals surface area contributed by atoms with Crippen LogP contribution < -0.4 is 0 Å². The predicted molar refractivity (Wildman–Crippen MR) is 70.0 cm³/mol. The summed E-state index contributed by atoms with van der Waals surface area (Å²) in [5.74, 6) is 0. The van der Waals surface area contributed by atoms with Crippen molar-refractivity contribution in [1.29, 1.82) is 0 Å². The van der Waals surface area contributed by atoms with E-state index in [1.165, 1.54) is 0 Å². The van der Waals surface area contributed by atoms with Crippen molar-refractivity contribution in [3.05, 3.63) is 69.7 Å². The van der Waals surface area contributed by atoms with E-state index >= 15 is 0 Å². The van der Waals surface area contributed by atoms with Crippen LogP contribution in [0.25, 0.3) is 0 Å². The molecule has 0 aliphatic rings. The summed E-state index contributed by atoms with van der Waals surface area (Å²) in [5, 5.41) is 13.3. The Morgan fingerprint density at radius 2 is 1.29 bits per heavy atom. The molecule has 3 heteroatoms. The van der Waals surface area contributed by atoms with Crippen molar-refractivity contribution in [1.82, 2.24) is 0 Å². The Balaban J connectivity index is 2.08. The van der Waals surface area contributed by atoms with E-state index in [-0.39, 0.29) is 0 Å². The second kappa shape index (κ2) is 5.54. The lowest BCUT2D eigenvalue weighted by atomic mass is 10.0. The van der Waals surface area contributed by atoms with E-state index < -0.39 is 6.10 Å². The van der Waals surface area contributed by atoms with E-state index in [1.54, 1.807) is 36.4 Å². The normalized spacial score (nSPS) is 12.4. The Hall–Kier alpha value is -1.02. The van der Waals surface area contributed by atoms with Crippen LogP contribution in [0.3, 0.4) is 0 Å². The largest absolute Gasteiger partial charge is 0.228 e. The maximum atomic E-state index is 12.0. The highest BCUT2D eigenvalue weighted by molar-refractivity contribution is 6.30. The van der Waals surface area contributed by atoms with Gasteiger partial charge in [-0.1, -0.05) is 47.5 Å². The monoisotopic (exact) mass is 265 g/mol. The van der Waals surface area contributed by atoms with Gasteiger partial charge in [-0.25, -0.2) is 5.11 Å². The molecule has 0 amide bonds. The first-order chi connectivity index (χ1) is 8.15. The molecule has 0 aromatic heterocycles. The quantitative estimate of drug-likeness (QED) is 0.766. The van der Waals surface area contributed by atoms with Crippen LogP contribution in [0, 0.1) is 0 Å². The summed E-state index contributed by atoms with van der Waals surface area (Å²) in [5.41, 5.74) is 1.74. The number of benzene rings is 2. The molecule has 0 bridgehead atoms. The minimum atomic E-state index is -0.770. The van der Waals surface area contributed by atoms with E-state index in [4.69, 9.17) is 23.2 Å². The van der Waals surface area contributed by atoms with Gasteiger partial charge in [0.1, 0.15) is 6.10 Å². The fourth-order valence-corrected chi connectivity index (χ4v) is 1.88. The van der Waals surface area contributed by atoms with Crippen molar-refractivity contribution in [2.24, 2.45) is 0 Å². The van der Waals surface area contributed by atoms with E-state index in [0.29, 0.717) is 16.5 Å². The second-order valence-corrected chi connectivity index (χ2v) is 4.74. The summed E-state index contributed by atoms with van der Waals surface area (Å²) < 4.78 is 0. The molecule has 0 saturated heterocycles. The van der Waals surface area contributed by atoms with Gasteiger partial charge in [0, 0.05) is 16.5 Å². The SMILES string of the molecule is [O]C(Cc1ccc(Cl)cc1)c1ccc(Cl)cc1. The van der Waals surface area contributed by atoms with Crippen LogP contribution in [0.1, 0.15) is 17.2 Å². The lowest BCUT2D eigenvalue weighted by molar-refractivity contribution is 0.0894. The molecule has 1 atom stereocenters.